The van der Waals surface area contributed by atoms with Crippen LogP contribution in [0.15, 0.2) is 12.1 Å². The van der Waals surface area contributed by atoms with Crippen LogP contribution in [0.5, 0.6) is 0 Å². The summed E-state index contributed by atoms with van der Waals surface area (Å²) in [5, 5.41) is 10.6. The molecule has 3 N–H and O–H groups in total. The van der Waals surface area contributed by atoms with Gasteiger partial charge in [0.25, 0.3) is 5.91 Å². The van der Waals surface area contributed by atoms with Crippen LogP contribution >= 0.6 is 23.2 Å². The lowest BCUT2D eigenvalue weighted by Crippen LogP contribution is -2.63. The van der Waals surface area contributed by atoms with E-state index in [1.165, 1.54) is 12.1 Å². The maximum Gasteiger partial charge on any atom is 0.254 e. The van der Waals surface area contributed by atoms with Gasteiger partial charge in [0.2, 0.25) is 0 Å². The van der Waals surface area contributed by atoms with Crippen molar-refractivity contribution in [2.45, 2.75) is 25.4 Å². The first-order chi connectivity index (χ1) is 8.86. The Hall–Kier alpha value is -0.970. The molecule has 1 saturated heterocycles. The number of β-amino-alcohol motifs (C(OH)–C–C–N with tert-alkyl or cyclic N) is 1. The van der Waals surface area contributed by atoms with E-state index in [1.54, 1.807) is 4.90 Å². The summed E-state index contributed by atoms with van der Waals surface area (Å²) in [6.45, 7) is 2.70. The Morgan fingerprint density at radius 3 is 2.63 bits per heavy atom. The molecule has 1 aromatic carbocycles. The summed E-state index contributed by atoms with van der Waals surface area (Å²) in [5.41, 5.74) is 5.61. The van der Waals surface area contributed by atoms with Crippen molar-refractivity contribution in [1.82, 2.24) is 4.90 Å². The fraction of sp³-hybridized carbons (Fsp3) is 0.462. The number of likely N-dealkylation sites (tertiary alicyclic amines) is 1. The average molecular weight is 303 g/mol. The van der Waals surface area contributed by atoms with Gasteiger partial charge in [0.1, 0.15) is 0 Å². The normalized spacial score (nSPS) is 17.2. The van der Waals surface area contributed by atoms with Crippen LogP contribution < -0.4 is 5.73 Å². The number of benzene rings is 1. The first-order valence-electron chi connectivity index (χ1n) is 6.12. The Bertz CT molecular complexity index is 490. The molecule has 0 bridgehead atoms. The second-order valence-corrected chi connectivity index (χ2v) is 5.78. The molecule has 2 rings (SSSR count). The summed E-state index contributed by atoms with van der Waals surface area (Å²) in [7, 11) is 0. The van der Waals surface area contributed by atoms with Gasteiger partial charge in [-0.3, -0.25) is 4.79 Å². The summed E-state index contributed by atoms with van der Waals surface area (Å²) in [4.78, 5) is 13.8. The zero-order valence-electron chi connectivity index (χ0n) is 10.6. The Morgan fingerprint density at radius 1 is 1.47 bits per heavy atom. The molecule has 6 heteroatoms. The van der Waals surface area contributed by atoms with Gasteiger partial charge in [-0.25, -0.2) is 0 Å². The minimum absolute atomic E-state index is 0.189. The average Bonchev–Trinajstić information content (AvgIpc) is 2.31. The maximum absolute atomic E-state index is 12.2. The number of hydrogen-bond donors (Lipinski definition) is 2. The van der Waals surface area contributed by atoms with Gasteiger partial charge in [-0.1, -0.05) is 36.5 Å². The number of rotatable bonds is 3. The number of carbonyl (C=O) groups is 1. The molecule has 0 aliphatic carbocycles. The van der Waals surface area contributed by atoms with E-state index < -0.39 is 5.60 Å². The number of hydrogen-bond acceptors (Lipinski definition) is 3. The fourth-order valence-corrected chi connectivity index (χ4v) is 2.68. The molecule has 0 spiro atoms. The van der Waals surface area contributed by atoms with Crippen molar-refractivity contribution < 1.29 is 9.90 Å². The van der Waals surface area contributed by atoms with E-state index in [0.29, 0.717) is 25.1 Å². The quantitative estimate of drug-likeness (QED) is 0.843. The number of anilines is 1. The highest BCUT2D eigenvalue weighted by atomic mass is 35.5. The summed E-state index contributed by atoms with van der Waals surface area (Å²) < 4.78 is 0. The Balaban J connectivity index is 2.10. The van der Waals surface area contributed by atoms with E-state index in [9.17, 15) is 9.90 Å². The van der Waals surface area contributed by atoms with Crippen LogP contribution in [0.4, 0.5) is 5.69 Å². The summed E-state index contributed by atoms with van der Waals surface area (Å²) in [5.74, 6) is -0.189. The highest BCUT2D eigenvalue weighted by Gasteiger charge is 2.42. The van der Waals surface area contributed by atoms with Gasteiger partial charge in [0.15, 0.2) is 0 Å². The van der Waals surface area contributed by atoms with Crippen LogP contribution in [0.25, 0.3) is 0 Å². The molecule has 104 valence electrons. The molecule has 0 saturated carbocycles. The number of amides is 1. The minimum Gasteiger partial charge on any atom is -0.397 e. The summed E-state index contributed by atoms with van der Waals surface area (Å²) >= 11 is 11.7. The molecule has 1 amide bonds. The Labute approximate surface area is 122 Å². The first kappa shape index (κ1) is 14.4. The third-order valence-corrected chi connectivity index (χ3v) is 4.09. The molecule has 1 aliphatic rings. The molecule has 0 radical (unpaired) electrons. The third-order valence-electron chi connectivity index (χ3n) is 3.28. The SMILES string of the molecule is CCCC1(O)CN(C(=O)c2cc(N)c(Cl)c(Cl)c2)C1. The van der Waals surface area contributed by atoms with E-state index in [2.05, 4.69) is 0 Å². The number of nitrogen functional groups attached to an aromatic ring is 1. The molecule has 1 aromatic rings. The van der Waals surface area contributed by atoms with Crippen molar-refractivity contribution in [3.63, 3.8) is 0 Å². The van der Waals surface area contributed by atoms with Gasteiger partial charge >= 0.3 is 0 Å². The molecule has 0 atom stereocenters. The van der Waals surface area contributed by atoms with Crippen molar-refractivity contribution in [2.24, 2.45) is 0 Å². The van der Waals surface area contributed by atoms with Crippen molar-refractivity contribution >= 4 is 34.8 Å². The van der Waals surface area contributed by atoms with Crippen LogP contribution in [-0.2, 0) is 0 Å². The standard InChI is InChI=1S/C13H16Cl2N2O2/c1-2-3-13(19)6-17(7-13)12(18)8-4-9(14)11(15)10(16)5-8/h4-5,19H,2-3,6-7,16H2,1H3. The van der Waals surface area contributed by atoms with Gasteiger partial charge < -0.3 is 15.7 Å². The zero-order chi connectivity index (χ0) is 14.2. The number of nitrogens with zero attached hydrogens (tertiary/aromatic N) is 1. The van der Waals surface area contributed by atoms with Gasteiger partial charge in [-0.05, 0) is 18.6 Å². The minimum atomic E-state index is -0.744. The second kappa shape index (κ2) is 5.19. The highest BCUT2D eigenvalue weighted by molar-refractivity contribution is 6.43. The van der Waals surface area contributed by atoms with Gasteiger partial charge in [0, 0.05) is 5.56 Å². The van der Waals surface area contributed by atoms with Crippen molar-refractivity contribution in [3.05, 3.63) is 27.7 Å². The monoisotopic (exact) mass is 302 g/mol. The molecular weight excluding hydrogens is 287 g/mol. The molecular formula is C13H16Cl2N2O2. The fourth-order valence-electron chi connectivity index (χ4n) is 2.35. The molecule has 4 nitrogen and oxygen atoms in total. The van der Waals surface area contributed by atoms with Crippen LogP contribution in [0.1, 0.15) is 30.1 Å². The molecule has 1 aliphatic heterocycles. The molecule has 0 aromatic heterocycles. The molecule has 0 unspecified atom stereocenters. The predicted octanol–water partition coefficient (Wildman–Crippen LogP) is 2.56. The van der Waals surface area contributed by atoms with Crippen LogP contribution in [0.3, 0.4) is 0 Å². The smallest absolute Gasteiger partial charge is 0.254 e. The first-order valence-corrected chi connectivity index (χ1v) is 6.88. The number of aliphatic hydroxyl groups is 1. The lowest BCUT2D eigenvalue weighted by molar-refractivity contribution is -0.0860. The van der Waals surface area contributed by atoms with Crippen molar-refractivity contribution in [2.75, 3.05) is 18.8 Å². The Morgan fingerprint density at radius 2 is 2.11 bits per heavy atom. The zero-order valence-corrected chi connectivity index (χ0v) is 12.1. The van der Waals surface area contributed by atoms with E-state index in [-0.39, 0.29) is 21.6 Å². The topological polar surface area (TPSA) is 66.6 Å². The molecule has 1 fully saturated rings. The third kappa shape index (κ3) is 2.81. The van der Waals surface area contributed by atoms with Crippen LogP contribution in [-0.4, -0.2) is 34.6 Å². The number of halogens is 2. The van der Waals surface area contributed by atoms with E-state index >= 15 is 0 Å². The van der Waals surface area contributed by atoms with Crippen LogP contribution in [0.2, 0.25) is 10.0 Å². The summed E-state index contributed by atoms with van der Waals surface area (Å²) in [6.07, 6.45) is 1.58. The van der Waals surface area contributed by atoms with E-state index in [0.717, 1.165) is 6.42 Å². The maximum atomic E-state index is 12.2. The summed E-state index contributed by atoms with van der Waals surface area (Å²) in [6, 6.07) is 3.01. The lowest BCUT2D eigenvalue weighted by Gasteiger charge is -2.46. The molecule has 1 heterocycles. The molecule has 19 heavy (non-hydrogen) atoms. The largest absolute Gasteiger partial charge is 0.397 e. The van der Waals surface area contributed by atoms with Crippen molar-refractivity contribution in [1.29, 1.82) is 0 Å². The lowest BCUT2D eigenvalue weighted by atomic mass is 9.89. The van der Waals surface area contributed by atoms with E-state index in [4.69, 9.17) is 28.9 Å². The Kier molecular flexibility index (Phi) is 3.95. The van der Waals surface area contributed by atoms with E-state index in [1.807, 2.05) is 6.92 Å². The second-order valence-electron chi connectivity index (χ2n) is 5.00. The number of nitrogens with two attached hydrogens (primary N) is 1. The number of carbonyl (C=O) groups excluding carboxylic acids is 1. The van der Waals surface area contributed by atoms with Gasteiger partial charge in [-0.2, -0.15) is 0 Å². The highest BCUT2D eigenvalue weighted by Crippen LogP contribution is 2.32. The van der Waals surface area contributed by atoms with Gasteiger partial charge in [-0.15, -0.1) is 0 Å². The van der Waals surface area contributed by atoms with Crippen LogP contribution in [0, 0.1) is 0 Å². The van der Waals surface area contributed by atoms with Gasteiger partial charge in [0.05, 0.1) is 34.4 Å². The van der Waals surface area contributed by atoms with Crippen molar-refractivity contribution in [3.8, 4) is 0 Å². The predicted molar refractivity (Wildman–Crippen MR) is 76.6 cm³/mol.